The Morgan fingerprint density at radius 2 is 1.33 bits per heavy atom. The van der Waals surface area contributed by atoms with Crippen molar-refractivity contribution in [1.29, 1.82) is 0 Å². The molecule has 0 saturated carbocycles. The summed E-state index contributed by atoms with van der Waals surface area (Å²) < 4.78 is 12.1. The monoisotopic (exact) mass is 234 g/mol. The van der Waals surface area contributed by atoms with Gasteiger partial charge in [0.2, 0.25) is 0 Å². The zero-order valence-corrected chi connectivity index (χ0v) is 9.95. The van der Waals surface area contributed by atoms with Gasteiger partial charge in [-0.15, -0.1) is 12.6 Å². The van der Waals surface area contributed by atoms with Gasteiger partial charge in [0.15, 0.2) is 0 Å². The summed E-state index contributed by atoms with van der Waals surface area (Å²) in [6.07, 6.45) is 0. The first kappa shape index (κ1) is 10.5. The highest BCUT2D eigenvalue weighted by Crippen LogP contribution is 2.19. The average molecular weight is 234 g/mol. The third kappa shape index (κ3) is 2.53. The van der Waals surface area contributed by atoms with Crippen LogP contribution in [0.3, 0.4) is 0 Å². The maximum absolute atomic E-state index is 12.1. The lowest BCUT2D eigenvalue weighted by atomic mass is 10.4. The van der Waals surface area contributed by atoms with E-state index in [1.807, 2.05) is 54.6 Å². The van der Waals surface area contributed by atoms with Crippen LogP contribution in [0.2, 0.25) is 0 Å². The van der Waals surface area contributed by atoms with Crippen LogP contribution in [0, 0.1) is 0 Å². The summed E-state index contributed by atoms with van der Waals surface area (Å²) in [7, 11) is -1.85. The van der Waals surface area contributed by atoms with Gasteiger partial charge < -0.3 is 4.57 Å². The minimum absolute atomic E-state index is 0.879. The highest BCUT2D eigenvalue weighted by molar-refractivity contribution is 7.80. The number of rotatable bonds is 2. The lowest BCUT2D eigenvalue weighted by Crippen LogP contribution is -2.05. The van der Waals surface area contributed by atoms with E-state index in [4.69, 9.17) is 0 Å². The predicted molar refractivity (Wildman–Crippen MR) is 68.4 cm³/mol. The molecule has 0 saturated heterocycles. The molecule has 2 aromatic carbocycles. The first-order chi connectivity index (χ1) is 7.27. The van der Waals surface area contributed by atoms with E-state index in [9.17, 15) is 4.57 Å². The fraction of sp³-hybridized carbons (Fsp3) is 0. The second kappa shape index (κ2) is 4.69. The second-order valence-corrected chi connectivity index (χ2v) is 5.57. The third-order valence-electron chi connectivity index (χ3n) is 2.17. The van der Waals surface area contributed by atoms with Crippen LogP contribution >= 0.6 is 20.4 Å². The smallest absolute Gasteiger partial charge is 0.131 e. The van der Waals surface area contributed by atoms with Crippen LogP contribution in [0.15, 0.2) is 59.5 Å². The number of hydrogen-bond acceptors (Lipinski definition) is 2. The van der Waals surface area contributed by atoms with Gasteiger partial charge in [0.25, 0.3) is 0 Å². The van der Waals surface area contributed by atoms with Gasteiger partial charge in [0.05, 0.1) is 0 Å². The Bertz CT molecular complexity index is 465. The van der Waals surface area contributed by atoms with Crippen molar-refractivity contribution in [1.82, 2.24) is 0 Å². The van der Waals surface area contributed by atoms with Crippen molar-refractivity contribution < 1.29 is 4.57 Å². The van der Waals surface area contributed by atoms with Crippen LogP contribution in [-0.4, -0.2) is 0 Å². The zero-order chi connectivity index (χ0) is 10.7. The molecule has 15 heavy (non-hydrogen) atoms. The predicted octanol–water partition coefficient (Wildman–Crippen LogP) is 2.49. The highest BCUT2D eigenvalue weighted by atomic mass is 32.1. The van der Waals surface area contributed by atoms with Crippen LogP contribution in [0.25, 0.3) is 0 Å². The summed E-state index contributed by atoms with van der Waals surface area (Å²) >= 11 is 4.20. The van der Waals surface area contributed by atoms with Crippen LogP contribution < -0.4 is 10.6 Å². The molecule has 0 aromatic heterocycles. The molecule has 0 aliphatic rings. The number of benzene rings is 2. The van der Waals surface area contributed by atoms with Gasteiger partial charge in [0.1, 0.15) is 7.80 Å². The molecule has 2 rings (SSSR count). The largest absolute Gasteiger partial charge is 0.317 e. The van der Waals surface area contributed by atoms with Crippen LogP contribution in [0.4, 0.5) is 0 Å². The third-order valence-corrected chi connectivity index (χ3v) is 4.18. The van der Waals surface area contributed by atoms with Crippen molar-refractivity contribution in [2.75, 3.05) is 0 Å². The van der Waals surface area contributed by atoms with E-state index >= 15 is 0 Å². The Morgan fingerprint density at radius 3 is 1.93 bits per heavy atom. The Morgan fingerprint density at radius 1 is 0.800 bits per heavy atom. The van der Waals surface area contributed by atoms with Crippen molar-refractivity contribution in [3.05, 3.63) is 54.6 Å². The molecule has 0 fully saturated rings. The van der Waals surface area contributed by atoms with Gasteiger partial charge in [-0.1, -0.05) is 42.5 Å². The van der Waals surface area contributed by atoms with Gasteiger partial charge in [-0.2, -0.15) is 0 Å². The normalized spacial score (nSPS) is 12.3. The summed E-state index contributed by atoms with van der Waals surface area (Å²) in [6.45, 7) is 0. The van der Waals surface area contributed by atoms with Crippen LogP contribution in [-0.2, 0) is 4.57 Å². The summed E-state index contributed by atoms with van der Waals surface area (Å²) in [5.41, 5.74) is 0. The van der Waals surface area contributed by atoms with Crippen molar-refractivity contribution in [2.45, 2.75) is 4.90 Å². The Balaban J connectivity index is 2.33. The van der Waals surface area contributed by atoms with E-state index in [1.165, 1.54) is 0 Å². The van der Waals surface area contributed by atoms with E-state index in [0.29, 0.717) is 0 Å². The van der Waals surface area contributed by atoms with Gasteiger partial charge >= 0.3 is 0 Å². The Kier molecular flexibility index (Phi) is 3.30. The molecule has 0 amide bonds. The molecular weight excluding hydrogens is 223 g/mol. The average Bonchev–Trinajstić information content (AvgIpc) is 2.30. The Labute approximate surface area is 95.3 Å². The maximum Gasteiger partial charge on any atom is 0.131 e. The first-order valence-electron chi connectivity index (χ1n) is 4.66. The minimum Gasteiger partial charge on any atom is -0.317 e. The van der Waals surface area contributed by atoms with Crippen molar-refractivity contribution in [3.8, 4) is 0 Å². The lowest BCUT2D eigenvalue weighted by Gasteiger charge is -2.02. The minimum atomic E-state index is -1.85. The van der Waals surface area contributed by atoms with E-state index in [2.05, 4.69) is 12.6 Å². The van der Waals surface area contributed by atoms with Gasteiger partial charge in [-0.25, -0.2) is 0 Å². The summed E-state index contributed by atoms with van der Waals surface area (Å²) in [5.74, 6) is 0. The van der Waals surface area contributed by atoms with E-state index < -0.39 is 7.80 Å². The van der Waals surface area contributed by atoms with E-state index in [-0.39, 0.29) is 0 Å². The fourth-order valence-electron chi connectivity index (χ4n) is 1.37. The zero-order valence-electron chi connectivity index (χ0n) is 8.05. The van der Waals surface area contributed by atoms with Gasteiger partial charge in [-0.3, -0.25) is 0 Å². The molecule has 0 radical (unpaired) electrons. The van der Waals surface area contributed by atoms with E-state index in [1.54, 1.807) is 0 Å². The highest BCUT2D eigenvalue weighted by Gasteiger charge is 2.04. The molecule has 1 unspecified atom stereocenters. The second-order valence-electron chi connectivity index (χ2n) is 3.24. The van der Waals surface area contributed by atoms with Crippen LogP contribution in [0.1, 0.15) is 0 Å². The molecule has 0 heterocycles. The van der Waals surface area contributed by atoms with Crippen molar-refractivity contribution in [2.24, 2.45) is 0 Å². The SMILES string of the molecule is O=[PH](c1ccccc1)c1ccc(S)cc1. The molecule has 0 N–H and O–H groups in total. The summed E-state index contributed by atoms with van der Waals surface area (Å²) in [4.78, 5) is 0.890. The lowest BCUT2D eigenvalue weighted by molar-refractivity contribution is 0.598. The quantitative estimate of drug-likeness (QED) is 0.624. The molecular formula is C12H11OPS. The molecule has 1 nitrogen and oxygen atoms in total. The molecule has 0 bridgehead atoms. The fourth-order valence-corrected chi connectivity index (χ4v) is 2.82. The molecule has 3 heteroatoms. The van der Waals surface area contributed by atoms with Crippen molar-refractivity contribution >= 4 is 31.0 Å². The van der Waals surface area contributed by atoms with Crippen molar-refractivity contribution in [3.63, 3.8) is 0 Å². The molecule has 1 atom stereocenters. The van der Waals surface area contributed by atoms with Gasteiger partial charge in [0, 0.05) is 15.5 Å². The Hall–Kier alpha value is -0.980. The molecule has 76 valence electrons. The van der Waals surface area contributed by atoms with E-state index in [0.717, 1.165) is 15.5 Å². The maximum atomic E-state index is 12.1. The molecule has 2 aromatic rings. The van der Waals surface area contributed by atoms with Gasteiger partial charge in [-0.05, 0) is 12.1 Å². The molecule has 0 spiro atoms. The number of hydrogen-bond donors (Lipinski definition) is 1. The first-order valence-corrected chi connectivity index (χ1v) is 6.52. The standard InChI is InChI=1S/C12H11OPS/c13-14(10-4-2-1-3-5-10)11-6-8-12(15)9-7-11/h1-9,14-15H. The number of thiol groups is 1. The van der Waals surface area contributed by atoms with Crippen LogP contribution in [0.5, 0.6) is 0 Å². The summed E-state index contributed by atoms with van der Waals surface area (Å²) in [5, 5.41) is 1.78. The molecule has 0 aliphatic heterocycles. The molecule has 0 aliphatic carbocycles. The summed E-state index contributed by atoms with van der Waals surface area (Å²) in [6, 6.07) is 17.0. The topological polar surface area (TPSA) is 17.1 Å².